The van der Waals surface area contributed by atoms with Crippen LogP contribution in [0.5, 0.6) is 0 Å². The maximum absolute atomic E-state index is 12.5. The van der Waals surface area contributed by atoms with Gasteiger partial charge in [0.15, 0.2) is 5.69 Å². The van der Waals surface area contributed by atoms with Crippen LogP contribution in [0.2, 0.25) is 5.02 Å². The first-order valence-corrected chi connectivity index (χ1v) is 4.75. The zero-order valence-corrected chi connectivity index (χ0v) is 9.66. The third kappa shape index (κ3) is 2.27. The minimum atomic E-state index is -4.50. The molecule has 0 N–H and O–H groups in total. The smallest absolute Gasteiger partial charge is 0.262 e. The summed E-state index contributed by atoms with van der Waals surface area (Å²) in [5.41, 5.74) is -1.20. The molecule has 0 aliphatic rings. The minimum Gasteiger partial charge on any atom is -0.262 e. The van der Waals surface area contributed by atoms with Crippen molar-refractivity contribution < 1.29 is 13.2 Å². The van der Waals surface area contributed by atoms with Crippen LogP contribution in [0.3, 0.4) is 0 Å². The SMILES string of the molecule is Cc1c(Cl)c(C(F)(F)F)nn1C(C)(C)C. The Morgan fingerprint density at radius 2 is 1.67 bits per heavy atom. The van der Waals surface area contributed by atoms with Gasteiger partial charge in [-0.3, -0.25) is 4.68 Å². The molecule has 0 fully saturated rings. The molecule has 0 unspecified atom stereocenters. The van der Waals surface area contributed by atoms with Crippen LogP contribution < -0.4 is 0 Å². The van der Waals surface area contributed by atoms with E-state index in [-0.39, 0.29) is 5.02 Å². The van der Waals surface area contributed by atoms with Crippen molar-refractivity contribution >= 4 is 11.6 Å². The first-order valence-electron chi connectivity index (χ1n) is 4.38. The number of hydrogen-bond acceptors (Lipinski definition) is 1. The lowest BCUT2D eigenvalue weighted by Crippen LogP contribution is -2.25. The Hall–Kier alpha value is -0.710. The molecular weight excluding hydrogens is 229 g/mol. The molecule has 0 atom stereocenters. The largest absolute Gasteiger partial charge is 0.436 e. The molecule has 0 bridgehead atoms. The first-order chi connectivity index (χ1) is 6.55. The molecule has 0 saturated heterocycles. The van der Waals surface area contributed by atoms with Crippen molar-refractivity contribution in [3.8, 4) is 0 Å². The minimum absolute atomic E-state index is 0.322. The Kier molecular flexibility index (Phi) is 2.80. The van der Waals surface area contributed by atoms with Gasteiger partial charge in [0.25, 0.3) is 0 Å². The second-order valence-electron chi connectivity index (χ2n) is 4.33. The van der Waals surface area contributed by atoms with E-state index >= 15 is 0 Å². The molecule has 0 amide bonds. The molecule has 0 saturated carbocycles. The van der Waals surface area contributed by atoms with Gasteiger partial charge < -0.3 is 0 Å². The summed E-state index contributed by atoms with van der Waals surface area (Å²) >= 11 is 5.60. The van der Waals surface area contributed by atoms with Crippen molar-refractivity contribution in [2.24, 2.45) is 0 Å². The summed E-state index contributed by atoms with van der Waals surface area (Å²) < 4.78 is 38.7. The lowest BCUT2D eigenvalue weighted by molar-refractivity contribution is -0.141. The van der Waals surface area contributed by atoms with Gasteiger partial charge in [0.05, 0.1) is 16.3 Å². The van der Waals surface area contributed by atoms with Crippen LogP contribution in [0, 0.1) is 6.92 Å². The van der Waals surface area contributed by atoms with Crippen molar-refractivity contribution in [2.45, 2.75) is 39.4 Å². The van der Waals surface area contributed by atoms with Crippen LogP contribution in [0.15, 0.2) is 0 Å². The molecular formula is C9H12ClF3N2. The van der Waals surface area contributed by atoms with Gasteiger partial charge in [0.2, 0.25) is 0 Å². The van der Waals surface area contributed by atoms with Crippen molar-refractivity contribution in [3.63, 3.8) is 0 Å². The first kappa shape index (κ1) is 12.4. The number of hydrogen-bond donors (Lipinski definition) is 0. The standard InChI is InChI=1S/C9H12ClF3N2/c1-5-6(10)7(9(11,12)13)14-15(5)8(2,3)4/h1-4H3. The van der Waals surface area contributed by atoms with E-state index in [2.05, 4.69) is 5.10 Å². The van der Waals surface area contributed by atoms with Crippen molar-refractivity contribution in [3.05, 3.63) is 16.4 Å². The molecule has 0 radical (unpaired) electrons. The fourth-order valence-electron chi connectivity index (χ4n) is 1.32. The molecule has 86 valence electrons. The topological polar surface area (TPSA) is 17.8 Å². The highest BCUT2D eigenvalue weighted by atomic mass is 35.5. The Balaban J connectivity index is 3.38. The quantitative estimate of drug-likeness (QED) is 0.677. The molecule has 0 aliphatic heterocycles. The van der Waals surface area contributed by atoms with Gasteiger partial charge in [0, 0.05) is 0 Å². The second kappa shape index (κ2) is 3.40. The zero-order chi connectivity index (χ0) is 12.0. The van der Waals surface area contributed by atoms with Crippen LogP contribution in [0.4, 0.5) is 13.2 Å². The molecule has 0 aromatic carbocycles. The van der Waals surface area contributed by atoms with E-state index in [0.717, 1.165) is 0 Å². The Morgan fingerprint density at radius 3 is 1.87 bits per heavy atom. The number of halogens is 4. The average Bonchev–Trinajstić information content (AvgIpc) is 2.26. The van der Waals surface area contributed by atoms with E-state index in [1.807, 2.05) is 0 Å². The maximum atomic E-state index is 12.5. The van der Waals surface area contributed by atoms with E-state index in [1.165, 1.54) is 11.6 Å². The molecule has 6 heteroatoms. The molecule has 0 spiro atoms. The summed E-state index contributed by atoms with van der Waals surface area (Å²) in [6.07, 6.45) is -4.50. The number of rotatable bonds is 0. The molecule has 1 aromatic rings. The Morgan fingerprint density at radius 1 is 1.20 bits per heavy atom. The normalized spacial score (nSPS) is 13.3. The molecule has 1 heterocycles. The second-order valence-corrected chi connectivity index (χ2v) is 4.71. The third-order valence-electron chi connectivity index (χ3n) is 1.95. The van der Waals surface area contributed by atoms with Gasteiger partial charge in [0.1, 0.15) is 0 Å². The van der Waals surface area contributed by atoms with E-state index < -0.39 is 17.4 Å². The monoisotopic (exact) mass is 240 g/mol. The van der Waals surface area contributed by atoms with Crippen molar-refractivity contribution in [2.75, 3.05) is 0 Å². The van der Waals surface area contributed by atoms with Crippen LogP contribution in [-0.4, -0.2) is 9.78 Å². The molecule has 1 aromatic heterocycles. The highest BCUT2D eigenvalue weighted by Crippen LogP contribution is 2.36. The summed E-state index contributed by atoms with van der Waals surface area (Å²) in [6.45, 7) is 6.83. The summed E-state index contributed by atoms with van der Waals surface area (Å²) in [5.74, 6) is 0. The third-order valence-corrected chi connectivity index (χ3v) is 2.40. The van der Waals surface area contributed by atoms with Crippen LogP contribution in [-0.2, 0) is 11.7 Å². The van der Waals surface area contributed by atoms with Crippen molar-refractivity contribution in [1.82, 2.24) is 9.78 Å². The van der Waals surface area contributed by atoms with E-state index in [1.54, 1.807) is 20.8 Å². The Bertz CT molecular complexity index is 339. The summed E-state index contributed by atoms with van der Waals surface area (Å²) in [4.78, 5) is 0. The average molecular weight is 241 g/mol. The van der Waals surface area contributed by atoms with Crippen molar-refractivity contribution in [1.29, 1.82) is 0 Å². The zero-order valence-electron chi connectivity index (χ0n) is 8.91. The summed E-state index contributed by atoms with van der Waals surface area (Å²) in [6, 6.07) is 0. The van der Waals surface area contributed by atoms with Crippen LogP contribution >= 0.6 is 11.6 Å². The number of alkyl halides is 3. The summed E-state index contributed by atoms with van der Waals surface area (Å²) in [5, 5.41) is 3.19. The summed E-state index contributed by atoms with van der Waals surface area (Å²) in [7, 11) is 0. The van der Waals surface area contributed by atoms with Gasteiger partial charge in [-0.15, -0.1) is 0 Å². The van der Waals surface area contributed by atoms with Gasteiger partial charge in [-0.2, -0.15) is 18.3 Å². The van der Waals surface area contributed by atoms with E-state index in [0.29, 0.717) is 5.69 Å². The molecule has 15 heavy (non-hydrogen) atoms. The number of aromatic nitrogens is 2. The molecule has 0 aliphatic carbocycles. The van der Waals surface area contributed by atoms with Gasteiger partial charge in [-0.1, -0.05) is 11.6 Å². The fourth-order valence-corrected chi connectivity index (χ4v) is 1.54. The lowest BCUT2D eigenvalue weighted by atomic mass is 10.1. The van der Waals surface area contributed by atoms with E-state index in [9.17, 15) is 13.2 Å². The van der Waals surface area contributed by atoms with Gasteiger partial charge >= 0.3 is 6.18 Å². The fraction of sp³-hybridized carbons (Fsp3) is 0.667. The molecule has 1 rings (SSSR count). The highest BCUT2D eigenvalue weighted by Gasteiger charge is 2.39. The maximum Gasteiger partial charge on any atom is 0.436 e. The van der Waals surface area contributed by atoms with Gasteiger partial charge in [-0.05, 0) is 27.7 Å². The van der Waals surface area contributed by atoms with E-state index in [4.69, 9.17) is 11.6 Å². The van der Waals surface area contributed by atoms with Gasteiger partial charge in [-0.25, -0.2) is 0 Å². The molecule has 2 nitrogen and oxygen atoms in total. The Labute approximate surface area is 91.0 Å². The van der Waals surface area contributed by atoms with Crippen LogP contribution in [0.25, 0.3) is 0 Å². The predicted octanol–water partition coefficient (Wildman–Crippen LogP) is 3.62. The highest BCUT2D eigenvalue weighted by molar-refractivity contribution is 6.31. The predicted molar refractivity (Wildman–Crippen MR) is 52.0 cm³/mol. The van der Waals surface area contributed by atoms with Crippen LogP contribution in [0.1, 0.15) is 32.2 Å². The number of nitrogens with zero attached hydrogens (tertiary/aromatic N) is 2. The lowest BCUT2D eigenvalue weighted by Gasteiger charge is -2.21.